The summed E-state index contributed by atoms with van der Waals surface area (Å²) >= 11 is 0. The molecular formula is C15H26N2O2. The maximum atomic E-state index is 5.62. The van der Waals surface area contributed by atoms with Crippen LogP contribution in [0.2, 0.25) is 0 Å². The average molecular weight is 266 g/mol. The predicted molar refractivity (Wildman–Crippen MR) is 75.5 cm³/mol. The monoisotopic (exact) mass is 266 g/mol. The summed E-state index contributed by atoms with van der Waals surface area (Å²) in [4.78, 5) is 0. The van der Waals surface area contributed by atoms with Crippen molar-refractivity contribution >= 4 is 0 Å². The Labute approximate surface area is 115 Å². The fourth-order valence-corrected chi connectivity index (χ4v) is 2.76. The number of furan rings is 1. The van der Waals surface area contributed by atoms with Crippen LogP contribution < -0.4 is 11.3 Å². The molecule has 0 aromatic carbocycles. The van der Waals surface area contributed by atoms with Gasteiger partial charge in [0.1, 0.15) is 11.5 Å². The van der Waals surface area contributed by atoms with Crippen LogP contribution >= 0.6 is 0 Å². The summed E-state index contributed by atoms with van der Waals surface area (Å²) in [5.74, 6) is 8.37. The van der Waals surface area contributed by atoms with Crippen molar-refractivity contribution in [1.29, 1.82) is 0 Å². The third-order valence-corrected chi connectivity index (χ3v) is 4.00. The van der Waals surface area contributed by atoms with Gasteiger partial charge >= 0.3 is 0 Å². The first-order valence-corrected chi connectivity index (χ1v) is 7.40. The van der Waals surface area contributed by atoms with E-state index >= 15 is 0 Å². The van der Waals surface area contributed by atoms with Gasteiger partial charge < -0.3 is 9.15 Å². The number of ether oxygens (including phenoxy) is 1. The van der Waals surface area contributed by atoms with Crippen LogP contribution in [-0.2, 0) is 4.74 Å². The van der Waals surface area contributed by atoms with Crippen LogP contribution in [0.15, 0.2) is 16.5 Å². The van der Waals surface area contributed by atoms with E-state index in [1.165, 1.54) is 32.1 Å². The zero-order valence-corrected chi connectivity index (χ0v) is 11.9. The van der Waals surface area contributed by atoms with Gasteiger partial charge in [-0.15, -0.1) is 0 Å². The number of hydrazine groups is 1. The van der Waals surface area contributed by atoms with Crippen LogP contribution in [0.25, 0.3) is 0 Å². The Morgan fingerprint density at radius 1 is 1.32 bits per heavy atom. The minimum absolute atomic E-state index is 0.142. The van der Waals surface area contributed by atoms with Crippen molar-refractivity contribution in [2.45, 2.75) is 51.5 Å². The summed E-state index contributed by atoms with van der Waals surface area (Å²) in [5, 5.41) is 0. The first kappa shape index (κ1) is 14.6. The zero-order valence-electron chi connectivity index (χ0n) is 11.9. The van der Waals surface area contributed by atoms with E-state index in [-0.39, 0.29) is 6.04 Å². The second-order valence-corrected chi connectivity index (χ2v) is 5.51. The van der Waals surface area contributed by atoms with Crippen molar-refractivity contribution in [1.82, 2.24) is 5.43 Å². The Morgan fingerprint density at radius 3 is 2.74 bits per heavy atom. The molecule has 1 atom stereocenters. The van der Waals surface area contributed by atoms with Crippen molar-refractivity contribution in [3.8, 4) is 0 Å². The summed E-state index contributed by atoms with van der Waals surface area (Å²) in [5.41, 5.74) is 2.86. The summed E-state index contributed by atoms with van der Waals surface area (Å²) < 4.78 is 11.0. The molecule has 1 aromatic rings. The Kier molecular flexibility index (Phi) is 5.89. The standard InChI is InChI=1S/C15H26N2O2/c1-12-6-7-15(19-12)14(17-16)5-3-2-4-13-8-10-18-11-9-13/h6-7,13-14,17H,2-5,8-11,16H2,1H3. The Morgan fingerprint density at radius 2 is 2.11 bits per heavy atom. The SMILES string of the molecule is Cc1ccc(C(CCCCC2CCOCC2)NN)o1. The van der Waals surface area contributed by atoms with E-state index in [9.17, 15) is 0 Å². The number of rotatable bonds is 7. The molecule has 1 saturated heterocycles. The van der Waals surface area contributed by atoms with Gasteiger partial charge in [-0.3, -0.25) is 5.84 Å². The van der Waals surface area contributed by atoms with E-state index in [1.54, 1.807) is 0 Å². The molecular weight excluding hydrogens is 240 g/mol. The van der Waals surface area contributed by atoms with Gasteiger partial charge in [0.2, 0.25) is 0 Å². The fraction of sp³-hybridized carbons (Fsp3) is 0.733. The fourth-order valence-electron chi connectivity index (χ4n) is 2.76. The smallest absolute Gasteiger partial charge is 0.122 e. The van der Waals surface area contributed by atoms with Gasteiger partial charge in [0, 0.05) is 13.2 Å². The molecule has 2 rings (SSSR count). The maximum Gasteiger partial charge on any atom is 0.122 e. The molecule has 1 aromatic heterocycles. The molecule has 0 saturated carbocycles. The molecule has 1 aliphatic rings. The quantitative estimate of drug-likeness (QED) is 0.452. The molecule has 3 N–H and O–H groups in total. The first-order valence-electron chi connectivity index (χ1n) is 7.40. The Bertz CT molecular complexity index is 359. The Hall–Kier alpha value is -0.840. The molecule has 1 aliphatic heterocycles. The molecule has 0 bridgehead atoms. The molecule has 0 aliphatic carbocycles. The van der Waals surface area contributed by atoms with E-state index in [4.69, 9.17) is 15.0 Å². The second-order valence-electron chi connectivity index (χ2n) is 5.51. The normalized spacial score (nSPS) is 18.6. The van der Waals surface area contributed by atoms with Crippen LogP contribution in [-0.4, -0.2) is 13.2 Å². The summed E-state index contributed by atoms with van der Waals surface area (Å²) in [6.45, 7) is 3.86. The second kappa shape index (κ2) is 7.68. The van der Waals surface area contributed by atoms with Crippen molar-refractivity contribution in [3.63, 3.8) is 0 Å². The van der Waals surface area contributed by atoms with Crippen LogP contribution in [0.1, 0.15) is 56.1 Å². The van der Waals surface area contributed by atoms with Crippen molar-refractivity contribution in [2.24, 2.45) is 11.8 Å². The molecule has 0 radical (unpaired) electrons. The van der Waals surface area contributed by atoms with Gasteiger partial charge in [-0.1, -0.05) is 19.3 Å². The first-order chi connectivity index (χ1) is 9.29. The van der Waals surface area contributed by atoms with Gasteiger partial charge in [0.15, 0.2) is 0 Å². The van der Waals surface area contributed by atoms with Crippen molar-refractivity contribution in [3.05, 3.63) is 23.7 Å². The largest absolute Gasteiger partial charge is 0.465 e. The highest BCUT2D eigenvalue weighted by Gasteiger charge is 2.15. The molecule has 4 nitrogen and oxygen atoms in total. The van der Waals surface area contributed by atoms with Gasteiger partial charge in [0.25, 0.3) is 0 Å². The summed E-state index contributed by atoms with van der Waals surface area (Å²) in [7, 11) is 0. The molecule has 1 unspecified atom stereocenters. The minimum Gasteiger partial charge on any atom is -0.465 e. The minimum atomic E-state index is 0.142. The third-order valence-electron chi connectivity index (χ3n) is 4.00. The molecule has 19 heavy (non-hydrogen) atoms. The van der Waals surface area contributed by atoms with Gasteiger partial charge in [0.05, 0.1) is 6.04 Å². The number of hydrogen-bond donors (Lipinski definition) is 2. The highest BCUT2D eigenvalue weighted by molar-refractivity contribution is 5.09. The predicted octanol–water partition coefficient (Wildman–Crippen LogP) is 3.08. The zero-order chi connectivity index (χ0) is 13.5. The third kappa shape index (κ3) is 4.64. The number of unbranched alkanes of at least 4 members (excludes halogenated alkanes) is 1. The molecule has 0 amide bonds. The van der Waals surface area contributed by atoms with Gasteiger partial charge in [-0.05, 0) is 44.2 Å². The Balaban J connectivity index is 1.65. The average Bonchev–Trinajstić information content (AvgIpc) is 2.86. The van der Waals surface area contributed by atoms with E-state index in [2.05, 4.69) is 5.43 Å². The van der Waals surface area contributed by atoms with E-state index in [0.717, 1.165) is 37.1 Å². The number of nitrogens with one attached hydrogen (secondary N) is 1. The van der Waals surface area contributed by atoms with Crippen molar-refractivity contribution in [2.75, 3.05) is 13.2 Å². The lowest BCUT2D eigenvalue weighted by Gasteiger charge is -2.22. The molecule has 2 heterocycles. The highest BCUT2D eigenvalue weighted by atomic mass is 16.5. The number of aryl methyl sites for hydroxylation is 1. The number of hydrogen-bond acceptors (Lipinski definition) is 4. The molecule has 108 valence electrons. The molecule has 1 fully saturated rings. The lowest BCUT2D eigenvalue weighted by atomic mass is 9.93. The lowest BCUT2D eigenvalue weighted by molar-refractivity contribution is 0.0630. The lowest BCUT2D eigenvalue weighted by Crippen LogP contribution is -2.27. The maximum absolute atomic E-state index is 5.62. The van der Waals surface area contributed by atoms with Gasteiger partial charge in [-0.2, -0.15) is 0 Å². The van der Waals surface area contributed by atoms with Crippen molar-refractivity contribution < 1.29 is 9.15 Å². The van der Waals surface area contributed by atoms with Gasteiger partial charge in [-0.25, -0.2) is 5.43 Å². The molecule has 4 heteroatoms. The van der Waals surface area contributed by atoms with E-state index in [0.29, 0.717) is 0 Å². The van der Waals surface area contributed by atoms with E-state index in [1.807, 2.05) is 19.1 Å². The summed E-state index contributed by atoms with van der Waals surface area (Å²) in [6, 6.07) is 4.14. The van der Waals surface area contributed by atoms with E-state index < -0.39 is 0 Å². The van der Waals surface area contributed by atoms with Crippen LogP contribution in [0.4, 0.5) is 0 Å². The van der Waals surface area contributed by atoms with Crippen LogP contribution in [0, 0.1) is 12.8 Å². The molecule has 0 spiro atoms. The number of nitrogens with two attached hydrogens (primary N) is 1. The summed E-state index contributed by atoms with van der Waals surface area (Å²) in [6.07, 6.45) is 7.27. The topological polar surface area (TPSA) is 60.4 Å². The van der Waals surface area contributed by atoms with Crippen LogP contribution in [0.5, 0.6) is 0 Å². The highest BCUT2D eigenvalue weighted by Crippen LogP contribution is 2.24. The van der Waals surface area contributed by atoms with Crippen LogP contribution in [0.3, 0.4) is 0 Å².